The minimum absolute atomic E-state index is 0.179. The van der Waals surface area contributed by atoms with Crippen LogP contribution in [0.1, 0.15) is 24.8 Å². The number of rotatable bonds is 4. The SMILES string of the molecule is C=C1CN([C@@H](Cc2c[nH]c3ccccc23)C(=O)OC)C[C@@H]2CCC3(C[C@@H]12)OCCO3. The Bertz CT molecular complexity index is 946. The van der Waals surface area contributed by atoms with Crippen molar-refractivity contribution in [2.75, 3.05) is 33.4 Å². The fourth-order valence-corrected chi connectivity index (χ4v) is 5.65. The molecule has 1 aliphatic carbocycles. The maximum Gasteiger partial charge on any atom is 0.323 e. The van der Waals surface area contributed by atoms with Crippen LogP contribution in [-0.4, -0.2) is 61.1 Å². The summed E-state index contributed by atoms with van der Waals surface area (Å²) in [5, 5.41) is 1.16. The second-order valence-corrected chi connectivity index (χ2v) is 8.91. The molecule has 3 fully saturated rings. The minimum Gasteiger partial charge on any atom is -0.468 e. The van der Waals surface area contributed by atoms with Crippen molar-refractivity contribution in [2.45, 2.75) is 37.5 Å². The van der Waals surface area contributed by atoms with Gasteiger partial charge in [-0.25, -0.2) is 0 Å². The molecule has 0 radical (unpaired) electrons. The Balaban J connectivity index is 1.36. The van der Waals surface area contributed by atoms with Gasteiger partial charge in [0.2, 0.25) is 0 Å². The molecule has 3 heterocycles. The molecule has 1 saturated carbocycles. The Kier molecular flexibility index (Phi) is 5.17. The summed E-state index contributed by atoms with van der Waals surface area (Å²) in [6.07, 6.45) is 5.47. The van der Waals surface area contributed by atoms with Crippen LogP contribution in [0.15, 0.2) is 42.6 Å². The number of likely N-dealkylation sites (tertiary alicyclic amines) is 1. The monoisotopic (exact) mass is 410 g/mol. The molecular weight excluding hydrogens is 380 g/mol. The molecule has 0 bridgehead atoms. The number of nitrogens with zero attached hydrogens (tertiary/aromatic N) is 1. The highest BCUT2D eigenvalue weighted by atomic mass is 16.7. The normalized spacial score (nSPS) is 27.3. The van der Waals surface area contributed by atoms with E-state index >= 15 is 0 Å². The zero-order valence-corrected chi connectivity index (χ0v) is 17.6. The van der Waals surface area contributed by atoms with Gasteiger partial charge in [-0.15, -0.1) is 0 Å². The number of aromatic amines is 1. The zero-order chi connectivity index (χ0) is 20.7. The van der Waals surface area contributed by atoms with Gasteiger partial charge in [-0.3, -0.25) is 9.69 Å². The summed E-state index contributed by atoms with van der Waals surface area (Å²) in [5.74, 6) is 0.276. The number of esters is 1. The molecule has 160 valence electrons. The van der Waals surface area contributed by atoms with Crippen molar-refractivity contribution in [2.24, 2.45) is 11.8 Å². The van der Waals surface area contributed by atoms with E-state index in [9.17, 15) is 4.79 Å². The van der Waals surface area contributed by atoms with Crippen molar-refractivity contribution in [3.05, 3.63) is 48.2 Å². The molecule has 3 atom stereocenters. The first-order valence-corrected chi connectivity index (χ1v) is 10.9. The molecule has 6 heteroatoms. The first-order valence-electron chi connectivity index (χ1n) is 10.9. The summed E-state index contributed by atoms with van der Waals surface area (Å²) in [6.45, 7) is 7.36. The van der Waals surface area contributed by atoms with Gasteiger partial charge in [0.1, 0.15) is 6.04 Å². The van der Waals surface area contributed by atoms with Crippen LogP contribution in [0, 0.1) is 11.8 Å². The third-order valence-electron chi connectivity index (χ3n) is 7.21. The number of benzene rings is 1. The molecule has 2 aliphatic heterocycles. The Morgan fingerprint density at radius 2 is 2.17 bits per heavy atom. The summed E-state index contributed by atoms with van der Waals surface area (Å²) in [5.41, 5.74) is 3.41. The van der Waals surface area contributed by atoms with Gasteiger partial charge in [0.05, 0.1) is 20.3 Å². The van der Waals surface area contributed by atoms with E-state index in [0.717, 1.165) is 42.3 Å². The Morgan fingerprint density at radius 3 is 2.97 bits per heavy atom. The Labute approximate surface area is 177 Å². The standard InChI is InChI=1S/C24H30N2O4/c1-16-14-26(15-17-7-8-24(12-20(16)17)29-9-10-30-24)22(23(27)28-2)11-18-13-25-21-6-4-3-5-19(18)21/h3-6,13,17,20,22,25H,1,7-12,14-15H2,2H3/t17-,20-,22-/m0/s1. The maximum absolute atomic E-state index is 12.8. The van der Waals surface area contributed by atoms with E-state index < -0.39 is 5.79 Å². The number of nitrogens with one attached hydrogen (secondary N) is 1. The van der Waals surface area contributed by atoms with E-state index in [1.54, 1.807) is 0 Å². The first kappa shape index (κ1) is 19.8. The van der Waals surface area contributed by atoms with Gasteiger partial charge in [0.25, 0.3) is 0 Å². The number of hydrogen-bond acceptors (Lipinski definition) is 5. The van der Waals surface area contributed by atoms with E-state index in [1.807, 2.05) is 18.3 Å². The third-order valence-corrected chi connectivity index (χ3v) is 7.21. The van der Waals surface area contributed by atoms with E-state index in [4.69, 9.17) is 14.2 Å². The van der Waals surface area contributed by atoms with Crippen LogP contribution in [0.3, 0.4) is 0 Å². The molecule has 0 amide bonds. The summed E-state index contributed by atoms with van der Waals surface area (Å²) >= 11 is 0. The van der Waals surface area contributed by atoms with Crippen LogP contribution >= 0.6 is 0 Å². The molecule has 30 heavy (non-hydrogen) atoms. The Morgan fingerprint density at radius 1 is 1.37 bits per heavy atom. The topological polar surface area (TPSA) is 63.8 Å². The van der Waals surface area contributed by atoms with E-state index in [1.165, 1.54) is 12.7 Å². The van der Waals surface area contributed by atoms with Gasteiger partial charge < -0.3 is 19.2 Å². The average Bonchev–Trinajstić information content (AvgIpc) is 3.39. The molecule has 5 rings (SSSR count). The first-order chi connectivity index (χ1) is 14.6. The highest BCUT2D eigenvalue weighted by Gasteiger charge is 2.48. The summed E-state index contributed by atoms with van der Waals surface area (Å²) < 4.78 is 17.1. The van der Waals surface area contributed by atoms with Crippen LogP contribution < -0.4 is 0 Å². The number of carbonyl (C=O) groups is 1. The van der Waals surface area contributed by atoms with Gasteiger partial charge in [0.15, 0.2) is 5.79 Å². The van der Waals surface area contributed by atoms with Crippen LogP contribution in [0.5, 0.6) is 0 Å². The summed E-state index contributed by atoms with van der Waals surface area (Å²) in [7, 11) is 1.48. The number of ether oxygens (including phenoxy) is 3. The smallest absolute Gasteiger partial charge is 0.323 e. The van der Waals surface area contributed by atoms with Crippen molar-refractivity contribution < 1.29 is 19.0 Å². The fraction of sp³-hybridized carbons (Fsp3) is 0.542. The van der Waals surface area contributed by atoms with Crippen molar-refractivity contribution in [1.29, 1.82) is 0 Å². The number of methoxy groups -OCH3 is 1. The summed E-state index contributed by atoms with van der Waals surface area (Å²) in [6, 6.07) is 7.89. The average molecular weight is 411 g/mol. The molecule has 3 aliphatic rings. The van der Waals surface area contributed by atoms with Crippen molar-refractivity contribution in [3.63, 3.8) is 0 Å². The van der Waals surface area contributed by atoms with Crippen molar-refractivity contribution >= 4 is 16.9 Å². The lowest BCUT2D eigenvalue weighted by Gasteiger charge is -2.48. The van der Waals surface area contributed by atoms with E-state index in [-0.39, 0.29) is 12.0 Å². The van der Waals surface area contributed by atoms with Gasteiger partial charge in [-0.05, 0) is 29.9 Å². The van der Waals surface area contributed by atoms with Crippen LogP contribution in [0.2, 0.25) is 0 Å². The number of fused-ring (bicyclic) bond motifs is 2. The molecule has 0 unspecified atom stereocenters. The zero-order valence-electron chi connectivity index (χ0n) is 17.6. The number of aromatic nitrogens is 1. The maximum atomic E-state index is 12.8. The molecular formula is C24H30N2O4. The lowest BCUT2D eigenvalue weighted by Crippen LogP contribution is -2.54. The van der Waals surface area contributed by atoms with Crippen LogP contribution in [0.25, 0.3) is 10.9 Å². The quantitative estimate of drug-likeness (QED) is 0.619. The van der Waals surface area contributed by atoms with Crippen molar-refractivity contribution in [1.82, 2.24) is 9.88 Å². The second kappa shape index (κ2) is 7.84. The minimum atomic E-state index is -0.405. The lowest BCUT2D eigenvalue weighted by molar-refractivity contribution is -0.195. The van der Waals surface area contributed by atoms with Crippen molar-refractivity contribution in [3.8, 4) is 0 Å². The van der Waals surface area contributed by atoms with Gasteiger partial charge in [0, 0.05) is 49.5 Å². The predicted octanol–water partition coefficient (Wildman–Crippen LogP) is 3.28. The molecule has 1 spiro atoms. The third kappa shape index (κ3) is 3.47. The molecule has 2 saturated heterocycles. The van der Waals surface area contributed by atoms with Gasteiger partial charge in [-0.2, -0.15) is 0 Å². The molecule has 2 aromatic rings. The van der Waals surface area contributed by atoms with Crippen LogP contribution in [-0.2, 0) is 25.4 Å². The number of carbonyl (C=O) groups excluding carboxylic acids is 1. The Hall–Kier alpha value is -2.15. The number of piperidine rings is 1. The second-order valence-electron chi connectivity index (χ2n) is 8.91. The fourth-order valence-electron chi connectivity index (χ4n) is 5.65. The molecule has 6 nitrogen and oxygen atoms in total. The van der Waals surface area contributed by atoms with Gasteiger partial charge >= 0.3 is 5.97 Å². The van der Waals surface area contributed by atoms with E-state index in [0.29, 0.717) is 38.0 Å². The van der Waals surface area contributed by atoms with Gasteiger partial charge in [-0.1, -0.05) is 30.4 Å². The number of para-hydroxylation sites is 1. The predicted molar refractivity (Wildman–Crippen MR) is 114 cm³/mol. The summed E-state index contributed by atoms with van der Waals surface area (Å²) in [4.78, 5) is 18.4. The molecule has 1 aromatic heterocycles. The number of hydrogen-bond donors (Lipinski definition) is 1. The number of H-pyrrole nitrogens is 1. The largest absolute Gasteiger partial charge is 0.468 e. The highest BCUT2D eigenvalue weighted by Crippen LogP contribution is 2.46. The molecule has 1 aromatic carbocycles. The molecule has 1 N–H and O–H groups in total. The highest BCUT2D eigenvalue weighted by molar-refractivity contribution is 5.84. The van der Waals surface area contributed by atoms with E-state index in [2.05, 4.69) is 28.6 Å². The lowest BCUT2D eigenvalue weighted by atomic mass is 9.70. The van der Waals surface area contributed by atoms with Crippen LogP contribution in [0.4, 0.5) is 0 Å².